The second-order valence-electron chi connectivity index (χ2n) is 14.9. The van der Waals surface area contributed by atoms with Crippen LogP contribution in [0.15, 0.2) is 111 Å². The number of benzene rings is 3. The Labute approximate surface area is 390 Å². The molecular weight excluding hydrogens is 867 g/mol. The molecule has 16 heteroatoms. The van der Waals surface area contributed by atoms with Crippen LogP contribution in [0.5, 0.6) is 40.5 Å². The molecule has 1 aromatic heterocycles. The Bertz CT molecular complexity index is 2110. The maximum atomic E-state index is 13.5. The third-order valence-electron chi connectivity index (χ3n) is 9.86. The summed E-state index contributed by atoms with van der Waals surface area (Å²) in [7, 11) is 0. The van der Waals surface area contributed by atoms with Crippen LogP contribution in [0.2, 0.25) is 0 Å². The van der Waals surface area contributed by atoms with Crippen molar-refractivity contribution in [2.75, 3.05) is 39.6 Å². The first kappa shape index (κ1) is 52.1. The van der Waals surface area contributed by atoms with E-state index in [0.29, 0.717) is 56.9 Å². The molecule has 0 unspecified atom stereocenters. The molecule has 3 aromatic carbocycles. The summed E-state index contributed by atoms with van der Waals surface area (Å²) in [5.74, 6) is -4.31. The average Bonchev–Trinajstić information content (AvgIpc) is 3.57. The van der Waals surface area contributed by atoms with Crippen LogP contribution in [0.4, 0.5) is 0 Å². The standard InChI is InChI=1S/C51H59NO15/c1-4-43(53)63-34-16-10-7-13-31-60-40-25-19-37(20-26-40)50(58)66-46-47(67-51(59)38-21-27-41(28-22-38)61-32-14-8-11-17-35-64-44(54)5-2)49(57)52(48(46)56)39-23-29-42(30-24-39)62-33-15-9-12-18-36-65-45(55)6-3/h4-6,19-30,56-57H,1-3,7-18,31-36H2. The van der Waals surface area contributed by atoms with Crippen molar-refractivity contribution in [1.29, 1.82) is 0 Å². The minimum Gasteiger partial charge on any atom is -0.494 e. The van der Waals surface area contributed by atoms with Crippen molar-refractivity contribution < 1.29 is 72.1 Å². The molecule has 0 fully saturated rings. The third-order valence-corrected chi connectivity index (χ3v) is 9.86. The van der Waals surface area contributed by atoms with Gasteiger partial charge >= 0.3 is 29.8 Å². The maximum absolute atomic E-state index is 13.5. The van der Waals surface area contributed by atoms with Gasteiger partial charge in [0.25, 0.3) is 0 Å². The average molecular weight is 926 g/mol. The first-order chi connectivity index (χ1) is 32.5. The first-order valence-electron chi connectivity index (χ1n) is 22.2. The van der Waals surface area contributed by atoms with Gasteiger partial charge in [-0.15, -0.1) is 0 Å². The van der Waals surface area contributed by atoms with Crippen molar-refractivity contribution in [1.82, 2.24) is 4.57 Å². The maximum Gasteiger partial charge on any atom is 0.343 e. The molecule has 4 rings (SSSR count). The van der Waals surface area contributed by atoms with Crippen molar-refractivity contribution >= 4 is 29.8 Å². The van der Waals surface area contributed by atoms with Gasteiger partial charge in [0, 0.05) is 18.2 Å². The van der Waals surface area contributed by atoms with Crippen molar-refractivity contribution in [3.05, 3.63) is 122 Å². The second kappa shape index (κ2) is 29.1. The number of hydrogen-bond donors (Lipinski definition) is 2. The molecule has 0 spiro atoms. The van der Waals surface area contributed by atoms with E-state index in [-0.39, 0.29) is 16.8 Å². The number of nitrogens with zero attached hydrogens (tertiary/aromatic N) is 1. The van der Waals surface area contributed by atoms with Gasteiger partial charge in [0.15, 0.2) is 0 Å². The summed E-state index contributed by atoms with van der Waals surface area (Å²) >= 11 is 0. The van der Waals surface area contributed by atoms with Gasteiger partial charge in [0.05, 0.1) is 56.5 Å². The van der Waals surface area contributed by atoms with Crippen LogP contribution in [-0.2, 0) is 28.6 Å². The van der Waals surface area contributed by atoms with E-state index < -0.39 is 53.1 Å². The van der Waals surface area contributed by atoms with Crippen molar-refractivity contribution in [3.63, 3.8) is 0 Å². The highest BCUT2D eigenvalue weighted by Gasteiger charge is 2.31. The summed E-state index contributed by atoms with van der Waals surface area (Å²) in [5.41, 5.74) is 0.381. The molecule has 0 saturated heterocycles. The Morgan fingerprint density at radius 3 is 1.00 bits per heavy atom. The number of ether oxygens (including phenoxy) is 8. The van der Waals surface area contributed by atoms with Crippen molar-refractivity contribution in [3.8, 4) is 46.2 Å². The Kier molecular flexibility index (Phi) is 22.7. The van der Waals surface area contributed by atoms with Gasteiger partial charge in [0.2, 0.25) is 23.3 Å². The Morgan fingerprint density at radius 2 is 0.701 bits per heavy atom. The van der Waals surface area contributed by atoms with Gasteiger partial charge in [0.1, 0.15) is 17.2 Å². The highest BCUT2D eigenvalue weighted by molar-refractivity contribution is 5.94. The third kappa shape index (κ3) is 18.1. The lowest BCUT2D eigenvalue weighted by Gasteiger charge is -2.10. The zero-order chi connectivity index (χ0) is 48.2. The predicted octanol–water partition coefficient (Wildman–Crippen LogP) is 9.33. The number of rotatable bonds is 32. The number of esters is 5. The topological polar surface area (TPSA) is 205 Å². The Morgan fingerprint density at radius 1 is 0.418 bits per heavy atom. The summed E-state index contributed by atoms with van der Waals surface area (Å²) in [5, 5.41) is 23.0. The van der Waals surface area contributed by atoms with Crippen molar-refractivity contribution in [2.24, 2.45) is 0 Å². The summed E-state index contributed by atoms with van der Waals surface area (Å²) in [4.78, 5) is 60.5. The van der Waals surface area contributed by atoms with E-state index in [1.165, 1.54) is 24.3 Å². The van der Waals surface area contributed by atoms with E-state index >= 15 is 0 Å². The van der Waals surface area contributed by atoms with Crippen LogP contribution in [0.1, 0.15) is 97.8 Å². The zero-order valence-electron chi connectivity index (χ0n) is 37.7. The molecule has 67 heavy (non-hydrogen) atoms. The van der Waals surface area contributed by atoms with Gasteiger partial charge in [-0.3, -0.25) is 0 Å². The first-order valence-corrected chi connectivity index (χ1v) is 22.2. The fourth-order valence-electron chi connectivity index (χ4n) is 6.24. The van der Waals surface area contributed by atoms with Crippen LogP contribution in [0, 0.1) is 0 Å². The van der Waals surface area contributed by atoms with E-state index in [2.05, 4.69) is 19.7 Å². The number of aromatic nitrogens is 1. The fraction of sp³-hybridized carbons (Fsp3) is 0.353. The molecule has 0 radical (unpaired) electrons. The highest BCUT2D eigenvalue weighted by atomic mass is 16.6. The molecule has 2 N–H and O–H groups in total. The Hall–Kier alpha value is -7.49. The van der Waals surface area contributed by atoms with Crippen molar-refractivity contribution in [2.45, 2.75) is 77.0 Å². The van der Waals surface area contributed by atoms with Crippen LogP contribution in [-0.4, -0.2) is 84.3 Å². The molecule has 1 heterocycles. The molecular formula is C51H59NO15. The van der Waals surface area contributed by atoms with Crippen LogP contribution in [0.3, 0.4) is 0 Å². The van der Waals surface area contributed by atoms with Crippen LogP contribution < -0.4 is 23.7 Å². The smallest absolute Gasteiger partial charge is 0.343 e. The van der Waals surface area contributed by atoms with E-state index in [9.17, 15) is 34.2 Å². The molecule has 0 atom stereocenters. The van der Waals surface area contributed by atoms with Gasteiger partial charge in [-0.2, -0.15) is 0 Å². The van der Waals surface area contributed by atoms with E-state index in [0.717, 1.165) is 99.8 Å². The highest BCUT2D eigenvalue weighted by Crippen LogP contribution is 2.49. The summed E-state index contributed by atoms with van der Waals surface area (Å²) < 4.78 is 44.6. The molecule has 0 amide bonds. The summed E-state index contributed by atoms with van der Waals surface area (Å²) in [6.07, 6.45) is 12.9. The fourth-order valence-corrected chi connectivity index (χ4v) is 6.24. The lowest BCUT2D eigenvalue weighted by Crippen LogP contribution is -2.12. The molecule has 4 aromatic rings. The lowest BCUT2D eigenvalue weighted by atomic mass is 10.2. The minimum absolute atomic E-state index is 0.0765. The number of unbranched alkanes of at least 4 members (excludes halogenated alkanes) is 9. The molecule has 0 bridgehead atoms. The normalized spacial score (nSPS) is 10.6. The molecule has 16 nitrogen and oxygen atoms in total. The molecule has 0 saturated carbocycles. The quantitative estimate of drug-likeness (QED) is 0.0203. The largest absolute Gasteiger partial charge is 0.494 e. The van der Waals surface area contributed by atoms with E-state index in [1.807, 2.05) is 0 Å². The van der Waals surface area contributed by atoms with E-state index in [1.54, 1.807) is 48.5 Å². The molecule has 0 aliphatic heterocycles. The van der Waals surface area contributed by atoms with Crippen LogP contribution >= 0.6 is 0 Å². The number of carbonyl (C=O) groups is 5. The zero-order valence-corrected chi connectivity index (χ0v) is 37.7. The van der Waals surface area contributed by atoms with Gasteiger partial charge in [-0.1, -0.05) is 19.7 Å². The number of carbonyl (C=O) groups excluding carboxylic acids is 5. The minimum atomic E-state index is -0.924. The monoisotopic (exact) mass is 925 g/mol. The van der Waals surface area contributed by atoms with Gasteiger partial charge < -0.3 is 48.1 Å². The molecule has 0 aliphatic rings. The SMILES string of the molecule is C=CC(=O)OCCCCCCOc1ccc(C(=O)Oc2c(OC(=O)c3ccc(OCCCCCCOC(=O)C=C)cc3)c(O)n(-c3ccc(OCCCCCCOC(=O)C=C)cc3)c2O)cc1. The predicted molar refractivity (Wildman–Crippen MR) is 247 cm³/mol. The second-order valence-corrected chi connectivity index (χ2v) is 14.9. The Balaban J connectivity index is 1.40. The molecule has 358 valence electrons. The lowest BCUT2D eigenvalue weighted by molar-refractivity contribution is -0.138. The summed E-state index contributed by atoms with van der Waals surface area (Å²) in [6, 6.07) is 18.6. The van der Waals surface area contributed by atoms with E-state index in [4.69, 9.17) is 37.9 Å². The number of aromatic hydroxyl groups is 2. The number of hydrogen-bond acceptors (Lipinski definition) is 15. The van der Waals surface area contributed by atoms with Crippen LogP contribution in [0.25, 0.3) is 5.69 Å². The van der Waals surface area contributed by atoms with Gasteiger partial charge in [-0.25, -0.2) is 28.5 Å². The molecule has 0 aliphatic carbocycles. The van der Waals surface area contributed by atoms with Gasteiger partial charge in [-0.05, 0) is 150 Å². The summed E-state index contributed by atoms with van der Waals surface area (Å²) in [6.45, 7) is 12.3.